The molecule has 0 saturated heterocycles. The number of benzene rings is 1. The summed E-state index contributed by atoms with van der Waals surface area (Å²) in [5.74, 6) is -0.615. The van der Waals surface area contributed by atoms with Crippen LogP contribution in [0.25, 0.3) is 0 Å². The topological polar surface area (TPSA) is 66.8 Å². The summed E-state index contributed by atoms with van der Waals surface area (Å²) in [6.45, 7) is 3.42. The molecule has 22 heavy (non-hydrogen) atoms. The quantitative estimate of drug-likeness (QED) is 0.684. The van der Waals surface area contributed by atoms with Gasteiger partial charge in [0.1, 0.15) is 5.75 Å². The molecule has 5 heteroatoms. The molecule has 2 rings (SSSR count). The van der Waals surface area contributed by atoms with E-state index < -0.39 is 11.6 Å². The van der Waals surface area contributed by atoms with Crippen LogP contribution in [0.4, 0.5) is 5.69 Å². The number of ketones is 1. The number of fused-ring (bicyclic) bond motifs is 1. The second-order valence-electron chi connectivity index (χ2n) is 5.67. The molecule has 1 unspecified atom stereocenters. The van der Waals surface area contributed by atoms with Crippen molar-refractivity contribution in [3.8, 4) is 5.75 Å². The number of hydrogen-bond acceptors (Lipinski definition) is 4. The molecule has 1 aromatic rings. The maximum absolute atomic E-state index is 12.5. The molecule has 0 amide bonds. The van der Waals surface area contributed by atoms with Gasteiger partial charge in [-0.3, -0.25) is 4.79 Å². The average molecular weight is 301 g/mol. The first kappa shape index (κ1) is 15.8. The van der Waals surface area contributed by atoms with Gasteiger partial charge in [0, 0.05) is 31.9 Å². The van der Waals surface area contributed by atoms with Crippen molar-refractivity contribution in [2.45, 2.75) is 19.4 Å². The predicted octanol–water partition coefficient (Wildman–Crippen LogP) is 2.67. The molecule has 1 N–H and O–H groups in total. The zero-order chi connectivity index (χ0) is 16.5. The second kappa shape index (κ2) is 5.67. The van der Waals surface area contributed by atoms with E-state index in [1.807, 2.05) is 31.1 Å². The highest BCUT2D eigenvalue weighted by molar-refractivity contribution is 6.09. The number of carbonyl (C=O) groups is 2. The van der Waals surface area contributed by atoms with E-state index in [2.05, 4.69) is 0 Å². The number of anilines is 1. The van der Waals surface area contributed by atoms with E-state index in [9.17, 15) is 9.59 Å². The van der Waals surface area contributed by atoms with E-state index in [0.717, 1.165) is 11.8 Å². The Balaban J connectivity index is 2.33. The Hall–Kier alpha value is -2.56. The fraction of sp³-hybridized carbons (Fsp3) is 0.294. The van der Waals surface area contributed by atoms with Crippen LogP contribution >= 0.6 is 0 Å². The molecule has 0 fully saturated rings. The van der Waals surface area contributed by atoms with E-state index in [4.69, 9.17) is 9.84 Å². The van der Waals surface area contributed by atoms with Gasteiger partial charge in [0.25, 0.3) is 0 Å². The van der Waals surface area contributed by atoms with Crippen molar-refractivity contribution in [2.24, 2.45) is 0 Å². The molecular formula is C17H19NO4. The number of aliphatic carboxylic acids is 1. The lowest BCUT2D eigenvalue weighted by molar-refractivity contribution is -0.131. The average Bonchev–Trinajstić information content (AvgIpc) is 2.67. The van der Waals surface area contributed by atoms with Crippen LogP contribution in [0.5, 0.6) is 5.75 Å². The minimum Gasteiger partial charge on any atom is -0.478 e. The van der Waals surface area contributed by atoms with E-state index in [-0.39, 0.29) is 5.78 Å². The molecule has 0 radical (unpaired) electrons. The van der Waals surface area contributed by atoms with Crippen LogP contribution in [0.1, 0.15) is 24.2 Å². The number of nitrogens with zero attached hydrogens (tertiary/aromatic N) is 1. The lowest BCUT2D eigenvalue weighted by Gasteiger charge is -2.19. The Morgan fingerprint density at radius 1 is 1.32 bits per heavy atom. The van der Waals surface area contributed by atoms with E-state index >= 15 is 0 Å². The smallest absolute Gasteiger partial charge is 0.328 e. The lowest BCUT2D eigenvalue weighted by Crippen LogP contribution is -2.34. The highest BCUT2D eigenvalue weighted by Crippen LogP contribution is 2.38. The Morgan fingerprint density at radius 2 is 2.00 bits per heavy atom. The number of ether oxygens (including phenoxy) is 1. The van der Waals surface area contributed by atoms with Gasteiger partial charge in [0.15, 0.2) is 5.60 Å². The van der Waals surface area contributed by atoms with Crippen molar-refractivity contribution in [2.75, 3.05) is 19.0 Å². The van der Waals surface area contributed by atoms with Gasteiger partial charge >= 0.3 is 5.97 Å². The van der Waals surface area contributed by atoms with Gasteiger partial charge in [-0.05, 0) is 32.1 Å². The largest absolute Gasteiger partial charge is 0.478 e. The molecule has 0 aromatic heterocycles. The third-order valence-corrected chi connectivity index (χ3v) is 3.49. The molecule has 1 aliphatic rings. The van der Waals surface area contributed by atoms with Crippen molar-refractivity contribution in [1.29, 1.82) is 0 Å². The number of carbonyl (C=O) groups excluding carboxylic acids is 1. The number of carboxylic acid groups (broad SMARTS) is 1. The van der Waals surface area contributed by atoms with Crippen LogP contribution in [-0.2, 0) is 4.79 Å². The number of rotatable bonds is 4. The number of allylic oxidation sites excluding steroid dienone is 2. The zero-order valence-corrected chi connectivity index (χ0v) is 13.1. The van der Waals surface area contributed by atoms with Crippen LogP contribution in [-0.4, -0.2) is 36.6 Å². The van der Waals surface area contributed by atoms with Crippen LogP contribution in [0, 0.1) is 0 Å². The van der Waals surface area contributed by atoms with E-state index in [1.165, 1.54) is 6.08 Å². The zero-order valence-electron chi connectivity index (χ0n) is 13.1. The van der Waals surface area contributed by atoms with Gasteiger partial charge < -0.3 is 14.7 Å². The molecule has 1 heterocycles. The number of Topliss-reactive ketones (excluding diaryl/α,β-unsaturated/α-hetero) is 1. The predicted molar refractivity (Wildman–Crippen MR) is 84.7 cm³/mol. The fourth-order valence-corrected chi connectivity index (χ4v) is 2.38. The summed E-state index contributed by atoms with van der Waals surface area (Å²) in [6, 6.07) is 5.45. The first-order chi connectivity index (χ1) is 10.2. The first-order valence-corrected chi connectivity index (χ1v) is 6.88. The van der Waals surface area contributed by atoms with Gasteiger partial charge in [0.05, 0.1) is 5.56 Å². The number of carboxylic acids is 1. The Labute approximate surface area is 129 Å². The van der Waals surface area contributed by atoms with Crippen LogP contribution in [0.15, 0.2) is 42.0 Å². The van der Waals surface area contributed by atoms with E-state index in [0.29, 0.717) is 16.9 Å². The van der Waals surface area contributed by atoms with Crippen molar-refractivity contribution < 1.29 is 19.4 Å². The third kappa shape index (κ3) is 3.03. The minimum atomic E-state index is -1.11. The molecule has 1 aromatic carbocycles. The molecule has 1 aliphatic heterocycles. The van der Waals surface area contributed by atoms with Gasteiger partial charge in [-0.15, -0.1) is 0 Å². The molecule has 116 valence electrons. The lowest BCUT2D eigenvalue weighted by atomic mass is 9.95. The Bertz CT molecular complexity index is 688. The molecule has 0 aliphatic carbocycles. The normalized spacial score (nSPS) is 20.9. The number of hydrogen-bond donors (Lipinski definition) is 1. The Kier molecular flexibility index (Phi) is 4.08. The summed E-state index contributed by atoms with van der Waals surface area (Å²) in [4.78, 5) is 25.0. The van der Waals surface area contributed by atoms with Crippen LogP contribution < -0.4 is 9.64 Å². The van der Waals surface area contributed by atoms with Crippen molar-refractivity contribution >= 4 is 17.4 Å². The molecular weight excluding hydrogens is 282 g/mol. The van der Waals surface area contributed by atoms with Gasteiger partial charge in [-0.2, -0.15) is 0 Å². The standard InChI is InChI=1S/C17H19NO4/c1-11(5-8-15(19)20)10-17(2)16(21)13-7-6-12(18(3)4)9-14(13)22-17/h5-10H,1-4H3,(H,19,20)/b8-5+,11-10+. The molecule has 1 atom stereocenters. The summed E-state index contributed by atoms with van der Waals surface area (Å²) in [6.07, 6.45) is 4.12. The SMILES string of the molecule is CC(/C=C/C(=O)O)=C\C1(C)Oc2cc(N(C)C)ccc2C1=O. The molecule has 0 saturated carbocycles. The second-order valence-corrected chi connectivity index (χ2v) is 5.67. The van der Waals surface area contributed by atoms with Crippen LogP contribution in [0.3, 0.4) is 0 Å². The van der Waals surface area contributed by atoms with Gasteiger partial charge in [-0.25, -0.2) is 4.79 Å². The Morgan fingerprint density at radius 3 is 2.59 bits per heavy atom. The summed E-state index contributed by atoms with van der Waals surface area (Å²) in [7, 11) is 3.83. The summed E-state index contributed by atoms with van der Waals surface area (Å²) < 4.78 is 5.84. The minimum absolute atomic E-state index is 0.129. The van der Waals surface area contributed by atoms with Crippen LogP contribution in [0.2, 0.25) is 0 Å². The summed E-state index contributed by atoms with van der Waals surface area (Å²) in [5.41, 5.74) is 1.03. The molecule has 0 bridgehead atoms. The summed E-state index contributed by atoms with van der Waals surface area (Å²) in [5, 5.41) is 8.65. The van der Waals surface area contributed by atoms with Crippen molar-refractivity contribution in [3.05, 3.63) is 47.6 Å². The van der Waals surface area contributed by atoms with Crippen molar-refractivity contribution in [3.63, 3.8) is 0 Å². The maximum atomic E-state index is 12.5. The summed E-state index contributed by atoms with van der Waals surface area (Å²) >= 11 is 0. The van der Waals surface area contributed by atoms with Crippen molar-refractivity contribution in [1.82, 2.24) is 0 Å². The highest BCUT2D eigenvalue weighted by Gasteiger charge is 2.42. The van der Waals surface area contributed by atoms with Gasteiger partial charge in [0.2, 0.25) is 5.78 Å². The molecule has 0 spiro atoms. The van der Waals surface area contributed by atoms with E-state index in [1.54, 1.807) is 26.0 Å². The fourth-order valence-electron chi connectivity index (χ4n) is 2.38. The highest BCUT2D eigenvalue weighted by atomic mass is 16.5. The molecule has 5 nitrogen and oxygen atoms in total. The first-order valence-electron chi connectivity index (χ1n) is 6.88. The maximum Gasteiger partial charge on any atom is 0.328 e. The van der Waals surface area contributed by atoms with Gasteiger partial charge in [-0.1, -0.05) is 11.6 Å². The monoisotopic (exact) mass is 301 g/mol. The third-order valence-electron chi connectivity index (χ3n) is 3.49.